The van der Waals surface area contributed by atoms with Gasteiger partial charge in [-0.05, 0) is 13.3 Å². The summed E-state index contributed by atoms with van der Waals surface area (Å²) in [5.41, 5.74) is 2.46. The minimum atomic E-state index is 0. The van der Waals surface area contributed by atoms with E-state index >= 15 is 0 Å². The van der Waals surface area contributed by atoms with Crippen LogP contribution in [0.3, 0.4) is 0 Å². The van der Waals surface area contributed by atoms with Crippen molar-refractivity contribution in [2.24, 2.45) is 0 Å². The number of aromatic nitrogens is 2. The molecule has 0 unspecified atom stereocenters. The van der Waals surface area contributed by atoms with Crippen LogP contribution in [0.1, 0.15) is 22.4 Å². The van der Waals surface area contributed by atoms with Crippen LogP contribution in [0, 0.1) is 26.5 Å². The molecule has 17 heavy (non-hydrogen) atoms. The molecule has 91 valence electrons. The topological polar surface area (TPSA) is 22.2 Å². The molecular formula is C12H12IrN3S-. The largest absolute Gasteiger partial charge is 0.287 e. The maximum atomic E-state index is 7.09. The van der Waals surface area contributed by atoms with Crippen LogP contribution in [0.5, 0.6) is 0 Å². The van der Waals surface area contributed by atoms with Crippen molar-refractivity contribution in [1.82, 2.24) is 9.78 Å². The maximum absolute atomic E-state index is 7.09. The molecule has 0 saturated heterocycles. The van der Waals surface area contributed by atoms with E-state index in [1.165, 1.54) is 4.88 Å². The van der Waals surface area contributed by atoms with Gasteiger partial charge in [0.25, 0.3) is 0 Å². The monoisotopic (exact) mass is 423 g/mol. The number of rotatable bonds is 2. The van der Waals surface area contributed by atoms with E-state index in [9.17, 15) is 0 Å². The van der Waals surface area contributed by atoms with Crippen molar-refractivity contribution in [3.8, 4) is 5.69 Å². The molecule has 0 aromatic carbocycles. The Bertz CT molecular complexity index is 563. The molecule has 0 spiro atoms. The molecule has 3 nitrogen and oxygen atoms in total. The average molecular weight is 423 g/mol. The van der Waals surface area contributed by atoms with Crippen LogP contribution in [0.25, 0.3) is 10.5 Å². The zero-order valence-corrected chi connectivity index (χ0v) is 13.1. The van der Waals surface area contributed by atoms with Gasteiger partial charge in [-0.15, -0.1) is 9.75 Å². The Hall–Kier alpha value is -0.951. The zero-order chi connectivity index (χ0) is 11.7. The summed E-state index contributed by atoms with van der Waals surface area (Å²) in [5, 5.41) is 4.42. The summed E-state index contributed by atoms with van der Waals surface area (Å²) >= 11 is 1.70. The first kappa shape index (κ1) is 14.1. The molecule has 0 aliphatic carbocycles. The van der Waals surface area contributed by atoms with Gasteiger partial charge in [0.2, 0.25) is 5.69 Å². The van der Waals surface area contributed by atoms with Crippen molar-refractivity contribution in [1.29, 1.82) is 0 Å². The average Bonchev–Trinajstić information content (AvgIpc) is 2.81. The van der Waals surface area contributed by atoms with E-state index in [0.717, 1.165) is 22.7 Å². The Morgan fingerprint density at radius 1 is 1.53 bits per heavy atom. The Kier molecular flexibility index (Phi) is 4.64. The summed E-state index contributed by atoms with van der Waals surface area (Å²) in [6.07, 6.45) is 2.57. The Labute approximate surface area is 119 Å². The van der Waals surface area contributed by atoms with Crippen LogP contribution in [0.15, 0.2) is 6.20 Å². The number of hydrogen-bond donors (Lipinski definition) is 0. The first-order chi connectivity index (χ1) is 7.65. The summed E-state index contributed by atoms with van der Waals surface area (Å²) in [7, 11) is 0. The predicted octanol–water partition coefficient (Wildman–Crippen LogP) is 3.46. The fourth-order valence-corrected chi connectivity index (χ4v) is 2.49. The number of hydrogen-bond acceptors (Lipinski definition) is 2. The Morgan fingerprint density at radius 2 is 2.24 bits per heavy atom. The Balaban J connectivity index is 0.00000144. The molecule has 0 aliphatic rings. The van der Waals surface area contributed by atoms with Gasteiger partial charge in [0.1, 0.15) is 0 Å². The molecule has 0 bridgehead atoms. The second-order valence-electron chi connectivity index (χ2n) is 3.56. The Morgan fingerprint density at radius 3 is 2.65 bits per heavy atom. The normalized spacial score (nSPS) is 9.76. The van der Waals surface area contributed by atoms with E-state index in [2.05, 4.69) is 16.0 Å². The maximum Gasteiger partial charge on any atom is 0.227 e. The van der Waals surface area contributed by atoms with Gasteiger partial charge >= 0.3 is 0 Å². The van der Waals surface area contributed by atoms with Gasteiger partial charge < -0.3 is 0 Å². The minimum absolute atomic E-state index is 0. The van der Waals surface area contributed by atoms with Crippen LogP contribution >= 0.6 is 11.3 Å². The van der Waals surface area contributed by atoms with Crippen molar-refractivity contribution < 1.29 is 20.1 Å². The summed E-state index contributed by atoms with van der Waals surface area (Å²) in [4.78, 5) is 5.80. The number of nitrogens with zero attached hydrogens (tertiary/aromatic N) is 3. The smallest absolute Gasteiger partial charge is 0.227 e. The molecule has 0 aliphatic heterocycles. The van der Waals surface area contributed by atoms with E-state index in [1.54, 1.807) is 22.2 Å². The van der Waals surface area contributed by atoms with Gasteiger partial charge in [-0.3, -0.25) is 16.0 Å². The van der Waals surface area contributed by atoms with Crippen molar-refractivity contribution in [2.75, 3.05) is 0 Å². The first-order valence-electron chi connectivity index (χ1n) is 5.11. The van der Waals surface area contributed by atoms with E-state index in [4.69, 9.17) is 6.57 Å². The molecule has 2 rings (SSSR count). The van der Waals surface area contributed by atoms with Gasteiger partial charge in [0.05, 0.1) is 12.3 Å². The van der Waals surface area contributed by atoms with Crippen LogP contribution < -0.4 is 0 Å². The third kappa shape index (κ3) is 2.66. The summed E-state index contributed by atoms with van der Waals surface area (Å²) in [5.74, 6) is 0. The van der Waals surface area contributed by atoms with Gasteiger partial charge in [0.15, 0.2) is 0 Å². The van der Waals surface area contributed by atoms with Crippen molar-refractivity contribution in [3.05, 3.63) is 39.1 Å². The molecule has 0 N–H and O–H groups in total. The standard InChI is InChI=1S/C12H12N3S.Ir/c1-5-10-11(13-4)7-15(14-10)12-6-8(2)16-9(12)3;/h7H,5H2,1-3H3;/q-1;. The molecule has 2 heterocycles. The van der Waals surface area contributed by atoms with E-state index in [0.29, 0.717) is 5.69 Å². The molecule has 2 aromatic heterocycles. The molecule has 2 aromatic rings. The molecular weight excluding hydrogens is 410 g/mol. The first-order valence-corrected chi connectivity index (χ1v) is 5.93. The SMILES string of the molecule is [C-]#[N+]c1cn(-c2[c-]c(C)sc2C)nc1CC.[Ir]. The fourth-order valence-electron chi connectivity index (χ4n) is 1.64. The zero-order valence-electron chi connectivity index (χ0n) is 9.87. The van der Waals surface area contributed by atoms with Crippen LogP contribution in [-0.4, -0.2) is 9.78 Å². The second kappa shape index (κ2) is 5.59. The fraction of sp³-hybridized carbons (Fsp3) is 0.333. The third-order valence-electron chi connectivity index (χ3n) is 2.39. The van der Waals surface area contributed by atoms with E-state index in [-0.39, 0.29) is 20.1 Å². The van der Waals surface area contributed by atoms with Crippen molar-refractivity contribution in [2.45, 2.75) is 27.2 Å². The third-order valence-corrected chi connectivity index (χ3v) is 3.30. The van der Waals surface area contributed by atoms with Crippen LogP contribution in [0.2, 0.25) is 0 Å². The number of thiophene rings is 1. The van der Waals surface area contributed by atoms with Gasteiger partial charge in [-0.2, -0.15) is 5.10 Å². The molecule has 1 radical (unpaired) electrons. The van der Waals surface area contributed by atoms with Gasteiger partial charge in [0, 0.05) is 26.3 Å². The molecule has 5 heteroatoms. The van der Waals surface area contributed by atoms with Crippen LogP contribution in [0.4, 0.5) is 5.69 Å². The quantitative estimate of drug-likeness (QED) is 0.680. The second-order valence-corrected chi connectivity index (χ2v) is 4.99. The van der Waals surface area contributed by atoms with Gasteiger partial charge in [-0.25, -0.2) is 10.9 Å². The molecule has 0 amide bonds. The summed E-state index contributed by atoms with van der Waals surface area (Å²) in [6.45, 7) is 13.2. The predicted molar refractivity (Wildman–Crippen MR) is 65.4 cm³/mol. The van der Waals surface area contributed by atoms with Crippen molar-refractivity contribution in [3.63, 3.8) is 0 Å². The summed E-state index contributed by atoms with van der Waals surface area (Å²) < 4.78 is 1.77. The van der Waals surface area contributed by atoms with Crippen LogP contribution in [-0.2, 0) is 26.5 Å². The van der Waals surface area contributed by atoms with E-state index < -0.39 is 0 Å². The van der Waals surface area contributed by atoms with Crippen molar-refractivity contribution >= 4 is 17.0 Å². The molecule has 0 atom stereocenters. The molecule has 0 saturated carbocycles. The number of aryl methyl sites for hydroxylation is 3. The minimum Gasteiger partial charge on any atom is -0.287 e. The summed E-state index contributed by atoms with van der Waals surface area (Å²) in [6, 6.07) is 3.27. The van der Waals surface area contributed by atoms with Gasteiger partial charge in [-0.1, -0.05) is 19.5 Å². The van der Waals surface area contributed by atoms with E-state index in [1.807, 2.05) is 20.8 Å². The molecule has 0 fully saturated rings.